The number of Topliss-reactive ketones (excluding diaryl/α,β-unsaturated/α-hetero) is 1. The van der Waals surface area contributed by atoms with Crippen molar-refractivity contribution in [1.82, 2.24) is 0 Å². The third-order valence-corrected chi connectivity index (χ3v) is 5.71. The van der Waals surface area contributed by atoms with Crippen molar-refractivity contribution >= 4 is 11.8 Å². The van der Waals surface area contributed by atoms with Crippen molar-refractivity contribution in [3.63, 3.8) is 0 Å². The van der Waals surface area contributed by atoms with Gasteiger partial charge in [0.1, 0.15) is 5.78 Å². The number of aliphatic carboxylic acids is 1. The highest BCUT2D eigenvalue weighted by molar-refractivity contribution is 5.80. The summed E-state index contributed by atoms with van der Waals surface area (Å²) in [5, 5.41) is 9.07. The largest absolute Gasteiger partial charge is 0.481 e. The van der Waals surface area contributed by atoms with E-state index in [-0.39, 0.29) is 11.8 Å². The van der Waals surface area contributed by atoms with Crippen molar-refractivity contribution in [2.75, 3.05) is 0 Å². The van der Waals surface area contributed by atoms with Crippen LogP contribution in [-0.4, -0.2) is 16.9 Å². The number of carbonyl (C=O) groups excluding carboxylic acids is 1. The van der Waals surface area contributed by atoms with Crippen molar-refractivity contribution in [1.29, 1.82) is 0 Å². The first-order valence-corrected chi connectivity index (χ1v) is 9.81. The second kappa shape index (κ2) is 10.7. The van der Waals surface area contributed by atoms with Gasteiger partial charge in [-0.3, -0.25) is 9.59 Å². The molecule has 1 aliphatic carbocycles. The highest BCUT2D eigenvalue weighted by Gasteiger charge is 2.32. The molecule has 0 heterocycles. The molecule has 1 aliphatic rings. The smallest absolute Gasteiger partial charge is 0.303 e. The van der Waals surface area contributed by atoms with E-state index < -0.39 is 5.97 Å². The molecule has 138 valence electrons. The number of rotatable bonds is 12. The maximum absolute atomic E-state index is 11.4. The van der Waals surface area contributed by atoms with E-state index in [1.165, 1.54) is 12.8 Å². The Labute approximate surface area is 147 Å². The van der Waals surface area contributed by atoms with E-state index in [1.807, 2.05) is 0 Å². The molecule has 0 radical (unpaired) electrons. The zero-order valence-corrected chi connectivity index (χ0v) is 15.9. The summed E-state index contributed by atoms with van der Waals surface area (Å²) in [5.74, 6) is 0.592. The molecule has 3 atom stereocenters. The van der Waals surface area contributed by atoms with Gasteiger partial charge in [0.05, 0.1) is 0 Å². The molecule has 0 bridgehead atoms. The van der Waals surface area contributed by atoms with Crippen LogP contribution in [0, 0.1) is 17.3 Å². The normalized spacial score (nSPS) is 22.0. The predicted octanol–water partition coefficient (Wildman–Crippen LogP) is 5.78. The zero-order chi connectivity index (χ0) is 18.0. The standard InChI is InChI=1S/C21H36O3/c1-4-6-14-21(3,18(8-5-2)11-13-20(23)24)15-7-9-17-10-12-19(22)16-17/h7,9,17-18H,4-6,8,10-16H2,1-3H3,(H,23,24)/b9-7+/t17-,18?,21?/m0/s1. The molecule has 24 heavy (non-hydrogen) atoms. The minimum Gasteiger partial charge on any atom is -0.481 e. The number of hydrogen-bond acceptors (Lipinski definition) is 2. The molecule has 0 spiro atoms. The minimum atomic E-state index is -0.686. The van der Waals surface area contributed by atoms with Crippen LogP contribution in [0.2, 0.25) is 0 Å². The Morgan fingerprint density at radius 3 is 2.62 bits per heavy atom. The Kier molecular flexibility index (Phi) is 9.31. The molecule has 0 aromatic carbocycles. The summed E-state index contributed by atoms with van der Waals surface area (Å²) in [5.41, 5.74) is 0.167. The molecule has 0 aromatic rings. The maximum atomic E-state index is 11.4. The number of ketones is 1. The van der Waals surface area contributed by atoms with E-state index in [1.54, 1.807) is 0 Å². The summed E-state index contributed by atoms with van der Waals surface area (Å²) in [4.78, 5) is 22.4. The van der Waals surface area contributed by atoms with Crippen molar-refractivity contribution in [3.05, 3.63) is 12.2 Å². The van der Waals surface area contributed by atoms with E-state index in [2.05, 4.69) is 32.9 Å². The monoisotopic (exact) mass is 336 g/mol. The van der Waals surface area contributed by atoms with Crippen LogP contribution >= 0.6 is 0 Å². The highest BCUT2D eigenvalue weighted by Crippen LogP contribution is 2.42. The third kappa shape index (κ3) is 7.19. The fourth-order valence-electron chi connectivity index (χ4n) is 4.08. The van der Waals surface area contributed by atoms with Gasteiger partial charge >= 0.3 is 5.97 Å². The fourth-order valence-corrected chi connectivity index (χ4v) is 4.08. The lowest BCUT2D eigenvalue weighted by molar-refractivity contribution is -0.137. The number of carboxylic acid groups (broad SMARTS) is 1. The molecule has 1 rings (SSSR count). The van der Waals surface area contributed by atoms with Crippen molar-refractivity contribution < 1.29 is 14.7 Å². The summed E-state index contributed by atoms with van der Waals surface area (Å²) in [6, 6.07) is 0. The summed E-state index contributed by atoms with van der Waals surface area (Å²) < 4.78 is 0. The van der Waals surface area contributed by atoms with Crippen molar-refractivity contribution in [3.8, 4) is 0 Å². The number of unbranched alkanes of at least 4 members (excludes halogenated alkanes) is 1. The Hall–Kier alpha value is -1.12. The number of hydrogen-bond donors (Lipinski definition) is 1. The van der Waals surface area contributed by atoms with Gasteiger partial charge in [-0.25, -0.2) is 0 Å². The van der Waals surface area contributed by atoms with Crippen LogP contribution in [0.5, 0.6) is 0 Å². The van der Waals surface area contributed by atoms with Crippen LogP contribution in [0.15, 0.2) is 12.2 Å². The Balaban J connectivity index is 2.73. The molecule has 0 amide bonds. The molecular weight excluding hydrogens is 300 g/mol. The van der Waals surface area contributed by atoms with E-state index >= 15 is 0 Å². The maximum Gasteiger partial charge on any atom is 0.303 e. The second-order valence-electron chi connectivity index (χ2n) is 7.85. The molecule has 1 saturated carbocycles. The van der Waals surface area contributed by atoms with Crippen LogP contribution in [0.4, 0.5) is 0 Å². The molecule has 2 unspecified atom stereocenters. The van der Waals surface area contributed by atoms with Crippen LogP contribution in [-0.2, 0) is 9.59 Å². The summed E-state index contributed by atoms with van der Waals surface area (Å²) >= 11 is 0. The number of allylic oxidation sites excluding steroid dienone is 2. The van der Waals surface area contributed by atoms with Crippen LogP contribution in [0.1, 0.15) is 91.4 Å². The van der Waals surface area contributed by atoms with Gasteiger partial charge in [0.15, 0.2) is 0 Å². The minimum absolute atomic E-state index is 0.167. The molecule has 0 aromatic heterocycles. The lowest BCUT2D eigenvalue weighted by Crippen LogP contribution is -2.28. The highest BCUT2D eigenvalue weighted by atomic mass is 16.4. The first kappa shape index (κ1) is 20.9. The molecule has 1 fully saturated rings. The molecule has 0 saturated heterocycles. The van der Waals surface area contributed by atoms with E-state index in [0.717, 1.165) is 44.9 Å². The van der Waals surface area contributed by atoms with Gasteiger partial charge in [0.2, 0.25) is 0 Å². The van der Waals surface area contributed by atoms with Crippen LogP contribution in [0.25, 0.3) is 0 Å². The van der Waals surface area contributed by atoms with Gasteiger partial charge in [0, 0.05) is 19.3 Å². The Morgan fingerprint density at radius 1 is 1.33 bits per heavy atom. The Bertz CT molecular complexity index is 427. The van der Waals surface area contributed by atoms with Gasteiger partial charge in [-0.15, -0.1) is 0 Å². The van der Waals surface area contributed by atoms with Gasteiger partial charge in [-0.2, -0.15) is 0 Å². The quantitative estimate of drug-likeness (QED) is 0.460. The zero-order valence-electron chi connectivity index (χ0n) is 15.9. The van der Waals surface area contributed by atoms with Gasteiger partial charge in [-0.1, -0.05) is 58.6 Å². The molecule has 3 nitrogen and oxygen atoms in total. The predicted molar refractivity (Wildman–Crippen MR) is 99.0 cm³/mol. The average molecular weight is 337 g/mol. The molecule has 3 heteroatoms. The fraction of sp³-hybridized carbons (Fsp3) is 0.810. The lowest BCUT2D eigenvalue weighted by Gasteiger charge is -2.38. The van der Waals surface area contributed by atoms with Gasteiger partial charge < -0.3 is 5.11 Å². The lowest BCUT2D eigenvalue weighted by atomic mass is 9.67. The van der Waals surface area contributed by atoms with Crippen molar-refractivity contribution in [2.45, 2.75) is 91.4 Å². The molecule has 1 N–H and O–H groups in total. The van der Waals surface area contributed by atoms with E-state index in [9.17, 15) is 9.59 Å². The topological polar surface area (TPSA) is 54.4 Å². The summed E-state index contributed by atoms with van der Waals surface area (Å²) in [6.45, 7) is 6.75. The molecule has 0 aliphatic heterocycles. The third-order valence-electron chi connectivity index (χ3n) is 5.71. The van der Waals surface area contributed by atoms with Crippen LogP contribution in [0.3, 0.4) is 0 Å². The first-order valence-electron chi connectivity index (χ1n) is 9.81. The first-order chi connectivity index (χ1) is 11.4. The second-order valence-corrected chi connectivity index (χ2v) is 7.85. The summed E-state index contributed by atoms with van der Waals surface area (Å²) in [6.07, 6.45) is 14.7. The number of carboxylic acids is 1. The van der Waals surface area contributed by atoms with Crippen LogP contribution < -0.4 is 0 Å². The molecular formula is C21H36O3. The summed E-state index contributed by atoms with van der Waals surface area (Å²) in [7, 11) is 0. The Morgan fingerprint density at radius 2 is 2.08 bits per heavy atom. The number of carbonyl (C=O) groups is 2. The van der Waals surface area contributed by atoms with Gasteiger partial charge in [-0.05, 0) is 42.9 Å². The SMILES string of the molecule is CCCCC(C)(C/C=C/[C@H]1CCC(=O)C1)C(CCC)CCC(=O)O. The van der Waals surface area contributed by atoms with E-state index in [4.69, 9.17) is 5.11 Å². The average Bonchev–Trinajstić information content (AvgIpc) is 2.94. The van der Waals surface area contributed by atoms with Gasteiger partial charge in [0.25, 0.3) is 0 Å². The van der Waals surface area contributed by atoms with E-state index in [0.29, 0.717) is 24.0 Å². The van der Waals surface area contributed by atoms with Crippen molar-refractivity contribution in [2.24, 2.45) is 17.3 Å².